The van der Waals surface area contributed by atoms with Gasteiger partial charge in [-0.2, -0.15) is 5.10 Å². The fourth-order valence-corrected chi connectivity index (χ4v) is 1.80. The Bertz CT molecular complexity index is 383. The van der Waals surface area contributed by atoms with Gasteiger partial charge in [0.15, 0.2) is 5.82 Å². The Morgan fingerprint density at radius 2 is 1.94 bits per heavy atom. The van der Waals surface area contributed by atoms with Crippen LogP contribution in [0.5, 0.6) is 0 Å². The highest BCUT2D eigenvalue weighted by molar-refractivity contribution is 5.17. The molecule has 0 aromatic carbocycles. The third-order valence-corrected chi connectivity index (χ3v) is 2.70. The van der Waals surface area contributed by atoms with E-state index in [4.69, 9.17) is 4.74 Å². The van der Waals surface area contributed by atoms with Crippen molar-refractivity contribution >= 4 is 0 Å². The first kappa shape index (κ1) is 14.2. The van der Waals surface area contributed by atoms with E-state index in [0.29, 0.717) is 24.5 Å². The van der Waals surface area contributed by atoms with Crippen molar-refractivity contribution < 1.29 is 9.13 Å². The summed E-state index contributed by atoms with van der Waals surface area (Å²) < 4.78 is 21.2. The number of ether oxygens (including phenoxy) is 1. The molecule has 98 valence electrons. The second kappa shape index (κ2) is 5.17. The van der Waals surface area contributed by atoms with Crippen LogP contribution in [0.2, 0.25) is 0 Å². The lowest BCUT2D eigenvalue weighted by atomic mass is 10.1. The maximum Gasteiger partial charge on any atom is 0.170 e. The van der Waals surface area contributed by atoms with Crippen LogP contribution in [0.3, 0.4) is 0 Å². The lowest BCUT2D eigenvalue weighted by molar-refractivity contribution is -0.0674. The number of hydrogen-bond donors (Lipinski definition) is 0. The second-order valence-corrected chi connectivity index (χ2v) is 5.01. The molecule has 0 unspecified atom stereocenters. The van der Waals surface area contributed by atoms with Crippen molar-refractivity contribution in [1.29, 1.82) is 0 Å². The standard InChI is InChI=1S/C11H17FN2O.C2H6/c1-7(2)10-9(12)8-5-15-11(3,4)6-14(8)13-10;1-2/h7H,5-6H2,1-4H3;1-2H3. The number of fused-ring (bicyclic) bond motifs is 1. The molecule has 0 atom stereocenters. The van der Waals surface area contributed by atoms with Crippen molar-refractivity contribution in [2.75, 3.05) is 0 Å². The van der Waals surface area contributed by atoms with E-state index in [-0.39, 0.29) is 17.3 Å². The van der Waals surface area contributed by atoms with Crippen molar-refractivity contribution in [1.82, 2.24) is 9.78 Å². The monoisotopic (exact) mass is 242 g/mol. The van der Waals surface area contributed by atoms with Gasteiger partial charge in [-0.25, -0.2) is 4.39 Å². The molecule has 0 radical (unpaired) electrons. The van der Waals surface area contributed by atoms with Gasteiger partial charge in [0.2, 0.25) is 0 Å². The minimum Gasteiger partial charge on any atom is -0.367 e. The van der Waals surface area contributed by atoms with Crippen molar-refractivity contribution in [2.24, 2.45) is 0 Å². The first-order chi connectivity index (χ1) is 7.91. The summed E-state index contributed by atoms with van der Waals surface area (Å²) in [4.78, 5) is 0. The molecule has 2 rings (SSSR count). The van der Waals surface area contributed by atoms with Gasteiger partial charge in [0.05, 0.1) is 18.8 Å². The molecule has 1 aliphatic rings. The van der Waals surface area contributed by atoms with Crippen LogP contribution in [-0.2, 0) is 17.9 Å². The highest BCUT2D eigenvalue weighted by Crippen LogP contribution is 2.27. The van der Waals surface area contributed by atoms with Crippen LogP contribution in [-0.4, -0.2) is 15.4 Å². The van der Waals surface area contributed by atoms with Crippen LogP contribution >= 0.6 is 0 Å². The number of aromatic nitrogens is 2. The van der Waals surface area contributed by atoms with Crippen molar-refractivity contribution in [3.05, 3.63) is 17.2 Å². The number of halogens is 1. The van der Waals surface area contributed by atoms with Gasteiger partial charge in [0, 0.05) is 5.92 Å². The van der Waals surface area contributed by atoms with E-state index < -0.39 is 0 Å². The van der Waals surface area contributed by atoms with Gasteiger partial charge < -0.3 is 4.74 Å². The van der Waals surface area contributed by atoms with E-state index in [1.54, 1.807) is 4.68 Å². The molecule has 0 fully saturated rings. The summed E-state index contributed by atoms with van der Waals surface area (Å²) in [5, 5.41) is 4.31. The Kier molecular flexibility index (Phi) is 4.31. The van der Waals surface area contributed by atoms with Crippen LogP contribution < -0.4 is 0 Å². The summed E-state index contributed by atoms with van der Waals surface area (Å²) in [5.41, 5.74) is 0.879. The molecule has 17 heavy (non-hydrogen) atoms. The first-order valence-electron chi connectivity index (χ1n) is 6.30. The Labute approximate surface area is 103 Å². The molecule has 0 spiro atoms. The van der Waals surface area contributed by atoms with Crippen LogP contribution in [0.1, 0.15) is 58.8 Å². The van der Waals surface area contributed by atoms with E-state index in [9.17, 15) is 4.39 Å². The van der Waals surface area contributed by atoms with E-state index in [1.165, 1.54) is 0 Å². The average Bonchev–Trinajstić information content (AvgIpc) is 2.57. The predicted molar refractivity (Wildman–Crippen MR) is 66.5 cm³/mol. The van der Waals surface area contributed by atoms with Crippen molar-refractivity contribution in [3.63, 3.8) is 0 Å². The first-order valence-corrected chi connectivity index (χ1v) is 6.30. The Morgan fingerprint density at radius 1 is 1.35 bits per heavy atom. The Hall–Kier alpha value is -0.900. The minimum atomic E-state index is -0.250. The van der Waals surface area contributed by atoms with Gasteiger partial charge in [0.1, 0.15) is 11.4 Å². The summed E-state index contributed by atoms with van der Waals surface area (Å²) in [7, 11) is 0. The number of rotatable bonds is 1. The lowest BCUT2D eigenvalue weighted by Gasteiger charge is -2.30. The van der Waals surface area contributed by atoms with Crippen LogP contribution in [0.4, 0.5) is 4.39 Å². The molecular formula is C13H23FN2O. The normalized spacial score (nSPS) is 17.4. The quantitative estimate of drug-likeness (QED) is 0.754. The summed E-state index contributed by atoms with van der Waals surface area (Å²) in [6.07, 6.45) is 0. The fraction of sp³-hybridized carbons (Fsp3) is 0.769. The third kappa shape index (κ3) is 2.86. The van der Waals surface area contributed by atoms with Crippen LogP contribution in [0.15, 0.2) is 0 Å². The van der Waals surface area contributed by atoms with Gasteiger partial charge >= 0.3 is 0 Å². The van der Waals surface area contributed by atoms with Crippen molar-refractivity contribution in [3.8, 4) is 0 Å². The maximum absolute atomic E-state index is 13.9. The van der Waals surface area contributed by atoms with Gasteiger partial charge in [0.25, 0.3) is 0 Å². The molecule has 0 saturated carbocycles. The van der Waals surface area contributed by atoms with E-state index in [0.717, 1.165) is 0 Å². The van der Waals surface area contributed by atoms with E-state index in [1.807, 2.05) is 41.5 Å². The summed E-state index contributed by atoms with van der Waals surface area (Å²) in [5.74, 6) is -0.0771. The molecule has 1 aromatic heterocycles. The fourth-order valence-electron chi connectivity index (χ4n) is 1.80. The molecule has 2 heterocycles. The molecule has 0 bridgehead atoms. The Morgan fingerprint density at radius 3 is 2.47 bits per heavy atom. The van der Waals surface area contributed by atoms with Gasteiger partial charge in [-0.15, -0.1) is 0 Å². The molecule has 0 saturated heterocycles. The van der Waals surface area contributed by atoms with Crippen molar-refractivity contribution in [2.45, 2.75) is 66.2 Å². The van der Waals surface area contributed by atoms with E-state index in [2.05, 4.69) is 5.10 Å². The summed E-state index contributed by atoms with van der Waals surface area (Å²) >= 11 is 0. The Balaban J connectivity index is 0.000000686. The zero-order valence-electron chi connectivity index (χ0n) is 11.7. The molecule has 3 nitrogen and oxygen atoms in total. The third-order valence-electron chi connectivity index (χ3n) is 2.70. The topological polar surface area (TPSA) is 27.1 Å². The minimum absolute atomic E-state index is 0.117. The smallest absolute Gasteiger partial charge is 0.170 e. The largest absolute Gasteiger partial charge is 0.367 e. The molecule has 0 amide bonds. The van der Waals surface area contributed by atoms with Crippen LogP contribution in [0, 0.1) is 5.82 Å². The SMILES string of the molecule is CC.CC(C)c1nn2c(c1F)COC(C)(C)C2. The second-order valence-electron chi connectivity index (χ2n) is 5.01. The molecular weight excluding hydrogens is 219 g/mol. The van der Waals surface area contributed by atoms with Gasteiger partial charge in [-0.05, 0) is 13.8 Å². The summed E-state index contributed by atoms with van der Waals surface area (Å²) in [6.45, 7) is 12.8. The van der Waals surface area contributed by atoms with Gasteiger partial charge in [-0.1, -0.05) is 27.7 Å². The number of hydrogen-bond acceptors (Lipinski definition) is 2. The predicted octanol–water partition coefficient (Wildman–Crippen LogP) is 3.48. The molecule has 0 aliphatic carbocycles. The highest BCUT2D eigenvalue weighted by atomic mass is 19.1. The lowest BCUT2D eigenvalue weighted by Crippen LogP contribution is -2.36. The molecule has 1 aromatic rings. The molecule has 4 heteroatoms. The van der Waals surface area contributed by atoms with E-state index >= 15 is 0 Å². The van der Waals surface area contributed by atoms with Crippen LogP contribution in [0.25, 0.3) is 0 Å². The number of nitrogens with zero attached hydrogens (tertiary/aromatic N) is 2. The van der Waals surface area contributed by atoms with Gasteiger partial charge in [-0.3, -0.25) is 4.68 Å². The highest BCUT2D eigenvalue weighted by Gasteiger charge is 2.31. The summed E-state index contributed by atoms with van der Waals surface area (Å²) in [6, 6.07) is 0. The average molecular weight is 242 g/mol. The molecule has 0 N–H and O–H groups in total. The zero-order chi connectivity index (χ0) is 13.2. The zero-order valence-corrected chi connectivity index (χ0v) is 11.7. The molecule has 1 aliphatic heterocycles. The maximum atomic E-state index is 13.9.